The van der Waals surface area contributed by atoms with Gasteiger partial charge in [0.2, 0.25) is 5.91 Å². The Morgan fingerprint density at radius 3 is 2.60 bits per heavy atom. The van der Waals surface area contributed by atoms with Gasteiger partial charge in [0.25, 0.3) is 0 Å². The van der Waals surface area contributed by atoms with Gasteiger partial charge in [-0.1, -0.05) is 74.4 Å². The molecule has 0 aliphatic carbocycles. The van der Waals surface area contributed by atoms with Crippen molar-refractivity contribution in [3.05, 3.63) is 83.4 Å². The van der Waals surface area contributed by atoms with Gasteiger partial charge in [-0.2, -0.15) is 5.10 Å². The molecular formula is C25H28N4O. The van der Waals surface area contributed by atoms with Crippen LogP contribution in [0.3, 0.4) is 0 Å². The molecule has 3 aliphatic heterocycles. The maximum absolute atomic E-state index is 13.8. The normalized spacial score (nSPS) is 26.5. The van der Waals surface area contributed by atoms with E-state index in [1.54, 1.807) is 0 Å². The molecule has 1 N–H and O–H groups in total. The van der Waals surface area contributed by atoms with Gasteiger partial charge in [-0.3, -0.25) is 9.80 Å². The van der Waals surface area contributed by atoms with E-state index in [1.165, 1.54) is 11.1 Å². The highest BCUT2D eigenvalue weighted by Crippen LogP contribution is 2.50. The van der Waals surface area contributed by atoms with Gasteiger partial charge in [-0.15, -0.1) is 6.58 Å². The highest BCUT2D eigenvalue weighted by Gasteiger charge is 2.51. The number of nitrogens with one attached hydrogen (secondary N) is 1. The first-order chi connectivity index (χ1) is 14.7. The van der Waals surface area contributed by atoms with E-state index in [-0.39, 0.29) is 30.1 Å². The summed E-state index contributed by atoms with van der Waals surface area (Å²) in [5, 5.41) is 8.89. The minimum Gasteiger partial charge on any atom is -0.273 e. The SMILES string of the molecule is C=CC[C@@H]1NN2C(=O)[C@@H](CCCC)[C@@H]3c4ccccc4C=NN3[C@@H]2c2ccccc21. The fourth-order valence-corrected chi connectivity index (χ4v) is 5.18. The molecule has 2 aromatic carbocycles. The molecule has 5 heteroatoms. The van der Waals surface area contributed by atoms with Crippen LogP contribution in [0.1, 0.15) is 73.1 Å². The molecule has 0 radical (unpaired) electrons. The van der Waals surface area contributed by atoms with Crippen LogP contribution in [0, 0.1) is 5.92 Å². The standard InChI is InChI=1S/C25H28N4O/c1-3-5-12-21-23-18-13-7-6-11-17(18)16-26-28(23)24-20-15-9-8-14-19(20)22(10-4-2)27-29(24)25(21)30/h4,6-9,11,13-16,21-24,27H,2-3,5,10,12H2,1H3/t21-,22-,23-,24-/m0/s1. The van der Waals surface area contributed by atoms with Gasteiger partial charge in [0.15, 0.2) is 6.17 Å². The second-order valence-corrected chi connectivity index (χ2v) is 8.36. The summed E-state index contributed by atoms with van der Waals surface area (Å²) < 4.78 is 0. The minimum atomic E-state index is -0.248. The molecule has 3 heterocycles. The number of nitrogens with zero attached hydrogens (tertiary/aromatic N) is 3. The topological polar surface area (TPSA) is 47.9 Å². The zero-order chi connectivity index (χ0) is 20.7. The number of hydrazine groups is 1. The maximum Gasteiger partial charge on any atom is 0.244 e. The maximum atomic E-state index is 13.8. The molecule has 154 valence electrons. The third kappa shape index (κ3) is 2.88. The Morgan fingerprint density at radius 2 is 1.83 bits per heavy atom. The van der Waals surface area contributed by atoms with Crippen LogP contribution >= 0.6 is 0 Å². The zero-order valence-electron chi connectivity index (χ0n) is 17.4. The first kappa shape index (κ1) is 19.1. The van der Waals surface area contributed by atoms with Gasteiger partial charge in [0.1, 0.15) is 0 Å². The summed E-state index contributed by atoms with van der Waals surface area (Å²) in [4.78, 5) is 13.8. The molecule has 0 saturated carbocycles. The van der Waals surface area contributed by atoms with E-state index in [2.05, 4.69) is 66.4 Å². The van der Waals surface area contributed by atoms with Crippen molar-refractivity contribution < 1.29 is 4.79 Å². The van der Waals surface area contributed by atoms with Gasteiger partial charge < -0.3 is 0 Å². The fraction of sp³-hybridized carbons (Fsp3) is 0.360. The minimum absolute atomic E-state index is 0.0442. The lowest BCUT2D eigenvalue weighted by atomic mass is 9.81. The Bertz CT molecular complexity index is 1000. The van der Waals surface area contributed by atoms with Gasteiger partial charge in [-0.05, 0) is 29.5 Å². The van der Waals surface area contributed by atoms with Crippen molar-refractivity contribution in [1.29, 1.82) is 0 Å². The molecule has 5 rings (SSSR count). The van der Waals surface area contributed by atoms with Crippen molar-refractivity contribution in [2.24, 2.45) is 11.0 Å². The number of amides is 1. The van der Waals surface area contributed by atoms with Gasteiger partial charge >= 0.3 is 0 Å². The Kier molecular flexibility index (Phi) is 4.91. The van der Waals surface area contributed by atoms with Crippen LogP contribution in [0.25, 0.3) is 0 Å². The molecule has 5 nitrogen and oxygen atoms in total. The number of carbonyl (C=O) groups is 1. The van der Waals surface area contributed by atoms with Crippen LogP contribution in [-0.4, -0.2) is 22.1 Å². The molecule has 3 aliphatic rings. The number of hydrogen-bond donors (Lipinski definition) is 1. The number of unbranched alkanes of at least 4 members (excludes halogenated alkanes) is 1. The molecule has 1 amide bonds. The largest absolute Gasteiger partial charge is 0.273 e. The van der Waals surface area contributed by atoms with E-state index in [0.717, 1.165) is 36.8 Å². The molecule has 0 spiro atoms. The van der Waals surface area contributed by atoms with Crippen molar-refractivity contribution in [2.45, 2.75) is 50.9 Å². The molecule has 4 atom stereocenters. The Hall–Kier alpha value is -2.92. The van der Waals surface area contributed by atoms with E-state index in [1.807, 2.05) is 23.4 Å². The lowest BCUT2D eigenvalue weighted by Gasteiger charge is -2.54. The van der Waals surface area contributed by atoms with E-state index in [0.29, 0.717) is 0 Å². The summed E-state index contributed by atoms with van der Waals surface area (Å²) in [6.07, 6.45) is 7.33. The number of hydrazone groups is 1. The Morgan fingerprint density at radius 1 is 1.10 bits per heavy atom. The summed E-state index contributed by atoms with van der Waals surface area (Å²) in [5.74, 6) is 0.0483. The summed E-state index contributed by atoms with van der Waals surface area (Å²) in [6, 6.07) is 16.8. The Balaban J connectivity index is 1.65. The quantitative estimate of drug-likeness (QED) is 0.729. The van der Waals surface area contributed by atoms with Crippen molar-refractivity contribution in [2.75, 3.05) is 0 Å². The number of hydrogen-bond acceptors (Lipinski definition) is 4. The fourth-order valence-electron chi connectivity index (χ4n) is 5.18. The zero-order valence-corrected chi connectivity index (χ0v) is 17.4. The van der Waals surface area contributed by atoms with Crippen LogP contribution in [0.5, 0.6) is 0 Å². The van der Waals surface area contributed by atoms with E-state index >= 15 is 0 Å². The van der Waals surface area contributed by atoms with E-state index < -0.39 is 0 Å². The second-order valence-electron chi connectivity index (χ2n) is 8.36. The molecule has 1 fully saturated rings. The molecule has 1 saturated heterocycles. The van der Waals surface area contributed by atoms with Crippen LogP contribution in [-0.2, 0) is 4.79 Å². The van der Waals surface area contributed by atoms with Gasteiger partial charge in [0.05, 0.1) is 24.2 Å². The first-order valence-electron chi connectivity index (χ1n) is 10.9. The molecule has 0 bridgehead atoms. The number of fused-ring (bicyclic) bond motifs is 7. The number of rotatable bonds is 5. The second kappa shape index (κ2) is 7.73. The van der Waals surface area contributed by atoms with Crippen LogP contribution < -0.4 is 5.43 Å². The molecule has 30 heavy (non-hydrogen) atoms. The number of benzene rings is 2. The lowest BCUT2D eigenvalue weighted by molar-refractivity contribution is -0.172. The van der Waals surface area contributed by atoms with Crippen LogP contribution in [0.2, 0.25) is 0 Å². The van der Waals surface area contributed by atoms with Crippen molar-refractivity contribution >= 4 is 12.1 Å². The van der Waals surface area contributed by atoms with Crippen LogP contribution in [0.15, 0.2) is 66.3 Å². The monoisotopic (exact) mass is 400 g/mol. The highest BCUT2D eigenvalue weighted by atomic mass is 16.2. The predicted molar refractivity (Wildman–Crippen MR) is 118 cm³/mol. The first-order valence-corrected chi connectivity index (χ1v) is 10.9. The predicted octanol–water partition coefficient (Wildman–Crippen LogP) is 4.86. The highest BCUT2D eigenvalue weighted by molar-refractivity contribution is 5.86. The molecular weight excluding hydrogens is 372 g/mol. The van der Waals surface area contributed by atoms with Crippen LogP contribution in [0.4, 0.5) is 0 Å². The van der Waals surface area contributed by atoms with E-state index in [4.69, 9.17) is 5.10 Å². The average Bonchev–Trinajstić information content (AvgIpc) is 2.79. The third-order valence-electron chi connectivity index (χ3n) is 6.58. The summed E-state index contributed by atoms with van der Waals surface area (Å²) in [6.45, 7) is 6.10. The summed E-state index contributed by atoms with van der Waals surface area (Å²) >= 11 is 0. The smallest absolute Gasteiger partial charge is 0.244 e. The lowest BCUT2D eigenvalue weighted by Crippen LogP contribution is -2.62. The molecule has 0 aromatic heterocycles. The van der Waals surface area contributed by atoms with E-state index in [9.17, 15) is 4.79 Å². The van der Waals surface area contributed by atoms with Crippen molar-refractivity contribution in [3.63, 3.8) is 0 Å². The third-order valence-corrected chi connectivity index (χ3v) is 6.58. The average molecular weight is 401 g/mol. The molecule has 0 unspecified atom stereocenters. The van der Waals surface area contributed by atoms with Gasteiger partial charge in [0, 0.05) is 5.56 Å². The molecule has 2 aromatic rings. The summed E-state index contributed by atoms with van der Waals surface area (Å²) in [7, 11) is 0. The summed E-state index contributed by atoms with van der Waals surface area (Å²) in [5.41, 5.74) is 8.20. The number of carbonyl (C=O) groups excluding carboxylic acids is 1. The van der Waals surface area contributed by atoms with Crippen molar-refractivity contribution in [1.82, 2.24) is 15.4 Å². The Labute approximate surface area is 178 Å². The van der Waals surface area contributed by atoms with Gasteiger partial charge in [-0.25, -0.2) is 10.4 Å². The van der Waals surface area contributed by atoms with Crippen molar-refractivity contribution in [3.8, 4) is 0 Å².